The van der Waals surface area contributed by atoms with Crippen molar-refractivity contribution in [1.82, 2.24) is 5.32 Å². The molecule has 0 aromatic heterocycles. The summed E-state index contributed by atoms with van der Waals surface area (Å²) in [4.78, 5) is 0. The monoisotopic (exact) mass is 306 g/mol. The molecule has 4 nitrogen and oxygen atoms in total. The van der Waals surface area contributed by atoms with Crippen LogP contribution in [0.4, 0.5) is 0 Å². The third-order valence-electron chi connectivity index (χ3n) is 3.47. The van der Waals surface area contributed by atoms with E-state index in [1.165, 1.54) is 0 Å². The molecule has 0 radical (unpaired) electrons. The van der Waals surface area contributed by atoms with E-state index >= 15 is 0 Å². The summed E-state index contributed by atoms with van der Waals surface area (Å²) in [6.07, 6.45) is 1.14. The largest absolute Gasteiger partial charge is 0.395 e. The Labute approximate surface area is 121 Å². The molecule has 19 heavy (non-hydrogen) atoms. The van der Waals surface area contributed by atoms with Crippen molar-refractivity contribution in [3.63, 3.8) is 0 Å². The first-order chi connectivity index (χ1) is 8.81. The van der Waals surface area contributed by atoms with Crippen LogP contribution in [-0.4, -0.2) is 49.5 Å². The minimum atomic E-state index is -2.08. The van der Waals surface area contributed by atoms with Crippen LogP contribution >= 0.6 is 0 Å². The maximum atomic E-state index is 6.11. The smallest absolute Gasteiger partial charge is 0.335 e. The average Bonchev–Trinajstić information content (AvgIpc) is 2.27. The number of rotatable bonds is 11. The van der Waals surface area contributed by atoms with E-state index in [0.29, 0.717) is 11.7 Å². The second-order valence-corrected chi connectivity index (χ2v) is 15.4. The Morgan fingerprint density at radius 3 is 1.89 bits per heavy atom. The Kier molecular flexibility index (Phi) is 9.39. The Bertz CT molecular complexity index is 229. The predicted octanol–water partition coefficient (Wildman–Crippen LogP) is 2.32. The third kappa shape index (κ3) is 7.01. The van der Waals surface area contributed by atoms with E-state index in [1.54, 1.807) is 0 Å². The summed E-state index contributed by atoms with van der Waals surface area (Å²) >= 11 is 0. The molecule has 0 saturated carbocycles. The molecule has 1 unspecified atom stereocenters. The van der Waals surface area contributed by atoms with E-state index in [2.05, 4.69) is 45.4 Å². The van der Waals surface area contributed by atoms with Crippen molar-refractivity contribution >= 4 is 16.6 Å². The van der Waals surface area contributed by atoms with Gasteiger partial charge in [-0.1, -0.05) is 19.6 Å². The Balaban J connectivity index is 4.78. The molecule has 116 valence electrons. The van der Waals surface area contributed by atoms with Crippen LogP contribution in [0.2, 0.25) is 31.4 Å². The molecule has 0 aliphatic rings. The lowest BCUT2D eigenvalue weighted by Gasteiger charge is -2.40. The van der Waals surface area contributed by atoms with Crippen LogP contribution < -0.4 is 11.1 Å². The molecule has 0 spiro atoms. The zero-order valence-corrected chi connectivity index (χ0v) is 15.7. The van der Waals surface area contributed by atoms with E-state index in [1.807, 2.05) is 0 Å². The zero-order chi connectivity index (χ0) is 14.9. The molecular formula is C13H34N2O2Si2. The van der Waals surface area contributed by atoms with Gasteiger partial charge in [0.25, 0.3) is 0 Å². The van der Waals surface area contributed by atoms with Crippen LogP contribution in [0.1, 0.15) is 20.3 Å². The molecule has 6 heteroatoms. The Morgan fingerprint density at radius 1 is 1.00 bits per heavy atom. The van der Waals surface area contributed by atoms with Crippen molar-refractivity contribution in [3.8, 4) is 0 Å². The van der Waals surface area contributed by atoms with Crippen LogP contribution in [0.3, 0.4) is 0 Å². The Morgan fingerprint density at radius 2 is 1.53 bits per heavy atom. The maximum absolute atomic E-state index is 6.11. The first kappa shape index (κ1) is 19.3. The van der Waals surface area contributed by atoms with Crippen molar-refractivity contribution in [1.29, 1.82) is 0 Å². The fourth-order valence-electron chi connectivity index (χ4n) is 2.77. The quantitative estimate of drug-likeness (QED) is 0.454. The summed E-state index contributed by atoms with van der Waals surface area (Å²) in [5.41, 5.74) is 5.52. The number of hydrogen-bond donors (Lipinski definition) is 2. The van der Waals surface area contributed by atoms with Gasteiger partial charge in [-0.2, -0.15) is 0 Å². The van der Waals surface area contributed by atoms with Crippen LogP contribution in [-0.2, 0) is 8.85 Å². The molecule has 0 saturated heterocycles. The maximum Gasteiger partial charge on any atom is 0.335 e. The van der Waals surface area contributed by atoms with Gasteiger partial charge >= 0.3 is 8.56 Å². The summed E-state index contributed by atoms with van der Waals surface area (Å²) in [6.45, 7) is 17.7. The normalized spacial score (nSPS) is 14.7. The van der Waals surface area contributed by atoms with Gasteiger partial charge in [0.05, 0.1) is 8.07 Å². The van der Waals surface area contributed by atoms with E-state index in [-0.39, 0.29) is 0 Å². The highest BCUT2D eigenvalue weighted by Crippen LogP contribution is 2.36. The van der Waals surface area contributed by atoms with Crippen LogP contribution in [0, 0.1) is 0 Å². The lowest BCUT2D eigenvalue weighted by atomic mass is 10.4. The highest BCUT2D eigenvalue weighted by molar-refractivity contribution is 6.92. The highest BCUT2D eigenvalue weighted by Gasteiger charge is 2.47. The van der Waals surface area contributed by atoms with Crippen molar-refractivity contribution < 1.29 is 8.85 Å². The SMILES string of the molecule is CCO[Si](C)(OCC)C(CCNCCN)[Si](C)(C)C. The second-order valence-electron chi connectivity index (χ2n) is 6.13. The molecule has 0 aliphatic heterocycles. The molecule has 1 atom stereocenters. The van der Waals surface area contributed by atoms with Gasteiger partial charge in [0.2, 0.25) is 0 Å². The summed E-state index contributed by atoms with van der Waals surface area (Å²) < 4.78 is 12.2. The fourth-order valence-corrected chi connectivity index (χ4v) is 12.9. The van der Waals surface area contributed by atoms with Gasteiger partial charge in [-0.15, -0.1) is 0 Å². The van der Waals surface area contributed by atoms with Gasteiger partial charge in [0.15, 0.2) is 0 Å². The molecule has 0 aliphatic carbocycles. The molecule has 0 heterocycles. The van der Waals surface area contributed by atoms with Gasteiger partial charge in [0.1, 0.15) is 0 Å². The fraction of sp³-hybridized carbons (Fsp3) is 1.00. The van der Waals surface area contributed by atoms with Crippen molar-refractivity contribution in [2.45, 2.75) is 51.6 Å². The van der Waals surface area contributed by atoms with Crippen LogP contribution in [0.25, 0.3) is 0 Å². The van der Waals surface area contributed by atoms with Crippen molar-refractivity contribution in [2.75, 3.05) is 32.8 Å². The zero-order valence-electron chi connectivity index (χ0n) is 13.7. The van der Waals surface area contributed by atoms with Gasteiger partial charge in [-0.05, 0) is 38.5 Å². The lowest BCUT2D eigenvalue weighted by molar-refractivity contribution is 0.184. The summed E-state index contributed by atoms with van der Waals surface area (Å²) in [6, 6.07) is 0. The first-order valence-electron chi connectivity index (χ1n) is 7.50. The van der Waals surface area contributed by atoms with Gasteiger partial charge < -0.3 is 19.9 Å². The van der Waals surface area contributed by atoms with E-state index in [0.717, 1.165) is 32.7 Å². The van der Waals surface area contributed by atoms with E-state index < -0.39 is 16.6 Å². The number of nitrogens with two attached hydrogens (primary N) is 1. The number of hydrogen-bond acceptors (Lipinski definition) is 4. The molecule has 0 rings (SSSR count). The van der Waals surface area contributed by atoms with Crippen molar-refractivity contribution in [3.05, 3.63) is 0 Å². The molecule has 0 bridgehead atoms. The van der Waals surface area contributed by atoms with Gasteiger partial charge in [-0.25, -0.2) is 0 Å². The summed E-state index contributed by atoms with van der Waals surface area (Å²) in [5, 5.41) is 4.00. The predicted molar refractivity (Wildman–Crippen MR) is 88.5 cm³/mol. The first-order valence-corrected chi connectivity index (χ1v) is 13.5. The molecule has 0 aromatic rings. The minimum Gasteiger partial charge on any atom is -0.395 e. The summed E-state index contributed by atoms with van der Waals surface area (Å²) in [7, 11) is -3.40. The van der Waals surface area contributed by atoms with Crippen LogP contribution in [0.15, 0.2) is 0 Å². The molecule has 0 aromatic carbocycles. The van der Waals surface area contributed by atoms with Gasteiger partial charge in [0, 0.05) is 26.3 Å². The van der Waals surface area contributed by atoms with E-state index in [9.17, 15) is 0 Å². The molecule has 0 fully saturated rings. The molecule has 0 amide bonds. The third-order valence-corrected chi connectivity index (χ3v) is 13.3. The second kappa shape index (κ2) is 9.25. The Hall–Kier alpha value is 0.274. The minimum absolute atomic E-state index is 0.602. The topological polar surface area (TPSA) is 56.5 Å². The van der Waals surface area contributed by atoms with E-state index in [4.69, 9.17) is 14.6 Å². The van der Waals surface area contributed by atoms with Gasteiger partial charge in [-0.3, -0.25) is 0 Å². The van der Waals surface area contributed by atoms with Crippen LogP contribution in [0.5, 0.6) is 0 Å². The lowest BCUT2D eigenvalue weighted by Crippen LogP contribution is -2.53. The average molecular weight is 307 g/mol. The highest BCUT2D eigenvalue weighted by atomic mass is 28.4. The summed E-state index contributed by atoms with van der Waals surface area (Å²) in [5.74, 6) is 0. The standard InChI is InChI=1S/C13H34N2O2Si2/c1-7-16-19(6,17-8-2)13(18(3,4)5)9-11-15-12-10-14/h13,15H,7-12,14H2,1-6H3. The van der Waals surface area contributed by atoms with Crippen molar-refractivity contribution in [2.24, 2.45) is 5.73 Å². The number of nitrogens with one attached hydrogen (secondary N) is 1. The molecule has 3 N–H and O–H groups in total. The molecular weight excluding hydrogens is 272 g/mol.